The van der Waals surface area contributed by atoms with Gasteiger partial charge in [0.1, 0.15) is 5.82 Å². The van der Waals surface area contributed by atoms with Crippen LogP contribution in [0.3, 0.4) is 0 Å². The Bertz CT molecular complexity index is 1050. The monoisotopic (exact) mass is 430 g/mol. The second kappa shape index (κ2) is 11.1. The van der Waals surface area contributed by atoms with Gasteiger partial charge in [-0.1, -0.05) is 60.7 Å². The van der Waals surface area contributed by atoms with Crippen LogP contribution in [0.1, 0.15) is 35.6 Å². The largest absolute Gasteiger partial charge is 0.468 e. The van der Waals surface area contributed by atoms with Crippen molar-refractivity contribution in [2.45, 2.75) is 32.7 Å². The van der Waals surface area contributed by atoms with Gasteiger partial charge in [0.2, 0.25) is 5.88 Å². The van der Waals surface area contributed by atoms with Crippen molar-refractivity contribution in [3.05, 3.63) is 89.0 Å². The first-order valence-electron chi connectivity index (χ1n) is 10.8. The number of carbonyl (C=O) groups excluding carboxylic acids is 1. The first-order chi connectivity index (χ1) is 15.5. The summed E-state index contributed by atoms with van der Waals surface area (Å²) in [5.74, 6) is 0.714. The van der Waals surface area contributed by atoms with E-state index in [4.69, 9.17) is 10.1 Å². The van der Waals surface area contributed by atoms with E-state index in [1.54, 1.807) is 13.1 Å². The third-order valence-electron chi connectivity index (χ3n) is 5.21. The average molecular weight is 431 g/mol. The zero-order valence-corrected chi connectivity index (χ0v) is 18.8. The summed E-state index contributed by atoms with van der Waals surface area (Å²) in [5.41, 5.74) is 4.02. The van der Waals surface area contributed by atoms with Crippen LogP contribution in [0.5, 0.6) is 5.88 Å². The summed E-state index contributed by atoms with van der Waals surface area (Å²) in [4.78, 5) is 16.8. The molecule has 1 amide bonds. The summed E-state index contributed by atoms with van der Waals surface area (Å²) in [7, 11) is 1.76. The maximum Gasteiger partial charge on any atom is 0.258 e. The molecule has 2 aromatic carbocycles. The number of hydrogen-bond donors (Lipinski definition) is 3. The topological polar surface area (TPSA) is 87.1 Å². The number of aryl methyl sites for hydroxylation is 2. The van der Waals surface area contributed by atoms with Crippen molar-refractivity contribution >= 4 is 17.4 Å². The van der Waals surface area contributed by atoms with Gasteiger partial charge < -0.3 is 15.4 Å². The highest BCUT2D eigenvalue weighted by molar-refractivity contribution is 6.14. The molecule has 3 N–H and O–H groups in total. The molecule has 1 atom stereocenters. The normalized spacial score (nSPS) is 11.5. The summed E-state index contributed by atoms with van der Waals surface area (Å²) < 4.78 is 5.66. The lowest BCUT2D eigenvalue weighted by atomic mass is 9.99. The van der Waals surface area contributed by atoms with Gasteiger partial charge in [-0.15, -0.1) is 0 Å². The van der Waals surface area contributed by atoms with Crippen LogP contribution in [-0.2, 0) is 11.2 Å². The van der Waals surface area contributed by atoms with Gasteiger partial charge in [-0.3, -0.25) is 10.2 Å². The summed E-state index contributed by atoms with van der Waals surface area (Å²) in [6.45, 7) is 3.79. The van der Waals surface area contributed by atoms with E-state index in [0.717, 1.165) is 24.0 Å². The quantitative estimate of drug-likeness (QED) is 0.417. The molecule has 6 heteroatoms. The Balaban J connectivity index is 1.58. The molecule has 0 aliphatic carbocycles. The Hall–Kier alpha value is -3.67. The highest BCUT2D eigenvalue weighted by Gasteiger charge is 2.17. The molecule has 0 saturated carbocycles. The van der Waals surface area contributed by atoms with Crippen LogP contribution in [-0.4, -0.2) is 36.3 Å². The van der Waals surface area contributed by atoms with Crippen LogP contribution in [0.15, 0.2) is 66.7 Å². The number of rotatable bonds is 10. The van der Waals surface area contributed by atoms with E-state index in [9.17, 15) is 4.79 Å². The molecule has 3 aromatic rings. The zero-order chi connectivity index (χ0) is 22.9. The van der Waals surface area contributed by atoms with Crippen LogP contribution in [0, 0.1) is 12.3 Å². The third kappa shape index (κ3) is 6.17. The number of anilines is 1. The van der Waals surface area contributed by atoms with Gasteiger partial charge in [-0.05, 0) is 37.8 Å². The first-order valence-corrected chi connectivity index (χ1v) is 10.8. The van der Waals surface area contributed by atoms with Crippen LogP contribution in [0.4, 0.5) is 5.82 Å². The molecule has 1 aromatic heterocycles. The molecule has 6 nitrogen and oxygen atoms in total. The van der Waals surface area contributed by atoms with Crippen molar-refractivity contribution in [2.75, 3.05) is 19.0 Å². The second-order valence-electron chi connectivity index (χ2n) is 7.77. The molecule has 1 heterocycles. The molecule has 0 fully saturated rings. The van der Waals surface area contributed by atoms with E-state index in [1.165, 1.54) is 5.56 Å². The fraction of sp³-hybridized carbons (Fsp3) is 0.269. The van der Waals surface area contributed by atoms with Crippen molar-refractivity contribution in [1.82, 2.24) is 10.3 Å². The second-order valence-corrected chi connectivity index (χ2v) is 7.77. The van der Waals surface area contributed by atoms with Crippen molar-refractivity contribution in [3.8, 4) is 5.88 Å². The fourth-order valence-electron chi connectivity index (χ4n) is 3.52. The van der Waals surface area contributed by atoms with Gasteiger partial charge in [0, 0.05) is 30.3 Å². The Labute approximate surface area is 189 Å². The number of aromatic nitrogens is 1. The smallest absolute Gasteiger partial charge is 0.258 e. The van der Waals surface area contributed by atoms with Crippen molar-refractivity contribution in [1.29, 1.82) is 5.41 Å². The molecule has 0 bridgehead atoms. The van der Waals surface area contributed by atoms with Gasteiger partial charge in [-0.25, -0.2) is 0 Å². The van der Waals surface area contributed by atoms with Gasteiger partial charge >= 0.3 is 0 Å². The summed E-state index contributed by atoms with van der Waals surface area (Å²) in [5, 5.41) is 14.6. The molecular formula is C26H30N4O2. The maximum absolute atomic E-state index is 12.3. The number of carbonyl (C=O) groups is 1. The van der Waals surface area contributed by atoms with E-state index < -0.39 is 0 Å². The Morgan fingerprint density at radius 2 is 1.75 bits per heavy atom. The first kappa shape index (κ1) is 23.0. The molecule has 0 spiro atoms. The molecular weight excluding hydrogens is 400 g/mol. The SMILES string of the molecule is CNc1nc(OCC(=O)NC(C)CCc2ccccc2)cc(C)c1C(=N)c1ccccc1. The number of benzene rings is 2. The minimum Gasteiger partial charge on any atom is -0.468 e. The predicted octanol–water partition coefficient (Wildman–Crippen LogP) is 4.36. The lowest BCUT2D eigenvalue weighted by molar-refractivity contribution is -0.123. The Morgan fingerprint density at radius 3 is 2.41 bits per heavy atom. The van der Waals surface area contributed by atoms with Gasteiger partial charge in [0.25, 0.3) is 5.91 Å². The van der Waals surface area contributed by atoms with E-state index in [2.05, 4.69) is 27.8 Å². The number of nitrogens with zero attached hydrogens (tertiary/aromatic N) is 1. The van der Waals surface area contributed by atoms with Crippen LogP contribution in [0.25, 0.3) is 0 Å². The van der Waals surface area contributed by atoms with E-state index in [0.29, 0.717) is 23.0 Å². The molecule has 0 saturated heterocycles. The molecule has 0 aliphatic heterocycles. The fourth-order valence-corrected chi connectivity index (χ4v) is 3.52. The highest BCUT2D eigenvalue weighted by atomic mass is 16.5. The van der Waals surface area contributed by atoms with Crippen LogP contribution >= 0.6 is 0 Å². The predicted molar refractivity (Wildman–Crippen MR) is 129 cm³/mol. The Morgan fingerprint density at radius 1 is 1.09 bits per heavy atom. The number of nitrogens with one attached hydrogen (secondary N) is 3. The maximum atomic E-state index is 12.3. The summed E-state index contributed by atoms with van der Waals surface area (Å²) in [6.07, 6.45) is 1.76. The van der Waals surface area contributed by atoms with Gasteiger partial charge in [0.05, 0.1) is 5.71 Å². The molecule has 1 unspecified atom stereocenters. The lowest BCUT2D eigenvalue weighted by Gasteiger charge is -2.16. The van der Waals surface area contributed by atoms with Gasteiger partial charge in [0.15, 0.2) is 6.61 Å². The Kier molecular flexibility index (Phi) is 7.97. The van der Waals surface area contributed by atoms with Crippen molar-refractivity contribution in [3.63, 3.8) is 0 Å². The minimum absolute atomic E-state index is 0.0441. The van der Waals surface area contributed by atoms with Crippen LogP contribution in [0.2, 0.25) is 0 Å². The molecule has 166 valence electrons. The number of hydrogen-bond acceptors (Lipinski definition) is 5. The number of pyridine rings is 1. The van der Waals surface area contributed by atoms with Gasteiger partial charge in [-0.2, -0.15) is 4.98 Å². The standard InChI is InChI=1S/C26H30N4O2/c1-18-16-23(30-26(28-3)24(18)25(27)21-12-8-5-9-13-21)32-17-22(31)29-19(2)14-15-20-10-6-4-7-11-20/h4-13,16,19,27H,14-15,17H2,1-3H3,(H,28,30)(H,29,31). The van der Waals surface area contributed by atoms with E-state index in [-0.39, 0.29) is 18.6 Å². The third-order valence-corrected chi connectivity index (χ3v) is 5.21. The van der Waals surface area contributed by atoms with Crippen LogP contribution < -0.4 is 15.4 Å². The van der Waals surface area contributed by atoms with E-state index in [1.807, 2.05) is 62.4 Å². The summed E-state index contributed by atoms with van der Waals surface area (Å²) in [6, 6.07) is 21.6. The minimum atomic E-state index is -0.183. The van der Waals surface area contributed by atoms with Crippen molar-refractivity contribution in [2.24, 2.45) is 0 Å². The number of amides is 1. The van der Waals surface area contributed by atoms with E-state index >= 15 is 0 Å². The molecule has 0 radical (unpaired) electrons. The number of ether oxygens (including phenoxy) is 1. The zero-order valence-electron chi connectivity index (χ0n) is 18.8. The molecule has 0 aliphatic rings. The lowest BCUT2D eigenvalue weighted by Crippen LogP contribution is -2.36. The van der Waals surface area contributed by atoms with Crippen molar-refractivity contribution < 1.29 is 9.53 Å². The summed E-state index contributed by atoms with van der Waals surface area (Å²) >= 11 is 0. The molecule has 3 rings (SSSR count). The average Bonchev–Trinajstić information content (AvgIpc) is 2.82. The highest BCUT2D eigenvalue weighted by Crippen LogP contribution is 2.25. The molecule has 32 heavy (non-hydrogen) atoms.